The van der Waals surface area contributed by atoms with Crippen molar-refractivity contribution < 1.29 is 22.4 Å². The van der Waals surface area contributed by atoms with Crippen LogP contribution in [-0.2, 0) is 22.4 Å². The minimum Gasteiger partial charge on any atom is -0.147 e. The summed E-state index contributed by atoms with van der Waals surface area (Å²) in [6.07, 6.45) is 1.37. The average Bonchev–Trinajstić information content (AvgIpc) is 1.38. The molecule has 0 saturated heterocycles. The molecule has 0 aliphatic heterocycles. The van der Waals surface area contributed by atoms with E-state index in [1.54, 1.807) is 0 Å². The molecule has 0 atom stereocenters. The second kappa shape index (κ2) is 388. The molecule has 0 aliphatic rings. The summed E-state index contributed by atoms with van der Waals surface area (Å²) < 4.78 is 0. The summed E-state index contributed by atoms with van der Waals surface area (Å²) in [7, 11) is 0.402. The first-order valence-electron chi connectivity index (χ1n) is 1.92. The topological polar surface area (TPSA) is 0 Å². The Morgan fingerprint density at radius 3 is 0.303 bits per heavy atom. The summed E-state index contributed by atoms with van der Waals surface area (Å²) in [5, 5.41) is 0. The molecule has 0 nitrogen and oxygen atoms in total. The van der Waals surface area contributed by atoms with Crippen molar-refractivity contribution in [3.05, 3.63) is 0 Å². The molecule has 0 aromatic rings. The monoisotopic (exact) mass is 1260 g/mol. The molecule has 0 aliphatic carbocycles. The first-order valence-corrected chi connectivity index (χ1v) is 4.34. The maximum Gasteiger partial charge on any atom is 0 e. The standard InChI is InChI=1S/C4H11P.Au.27ClH/c1-4-5(2)3;;;;;;;;;;;;;;;;;;;;;;;;;;;;/h4H2,1-3H3;;27*1H. The van der Waals surface area contributed by atoms with Crippen LogP contribution in [0.3, 0.4) is 0 Å². The van der Waals surface area contributed by atoms with Gasteiger partial charge in [-0.1, -0.05) is 6.92 Å². The van der Waals surface area contributed by atoms with Crippen molar-refractivity contribution >= 4 is 343 Å². The summed E-state index contributed by atoms with van der Waals surface area (Å²) in [4.78, 5) is 0. The van der Waals surface area contributed by atoms with E-state index in [1.807, 2.05) is 0 Å². The van der Waals surface area contributed by atoms with E-state index < -0.39 is 0 Å². The molecule has 0 aromatic carbocycles. The number of rotatable bonds is 1. The Labute approximate surface area is 385 Å². The smallest absolute Gasteiger partial charge is 0 e. The molecule has 0 heterocycles. The van der Waals surface area contributed by atoms with Gasteiger partial charge < -0.3 is 0 Å². The maximum atomic E-state index is 2.29. The average molecular weight is 1270 g/mol. The summed E-state index contributed by atoms with van der Waals surface area (Å²) in [6, 6.07) is 0. The molecule has 0 fully saturated rings. The normalized spacial score (nSPS) is 1.45. The zero-order valence-corrected chi connectivity index (χ0v) is 40.6. The van der Waals surface area contributed by atoms with Crippen LogP contribution in [-0.4, -0.2) is 19.5 Å². The van der Waals surface area contributed by atoms with Gasteiger partial charge in [0.15, 0.2) is 0 Å². The molecule has 0 saturated carbocycles. The van der Waals surface area contributed by atoms with Crippen LogP contribution >= 0.6 is 343 Å². The Morgan fingerprint density at radius 1 is 0.273 bits per heavy atom. The Hall–Kier alpha value is 9.00. The summed E-state index contributed by atoms with van der Waals surface area (Å²) in [6.45, 7) is 6.80. The minimum atomic E-state index is 0. The third kappa shape index (κ3) is 515. The van der Waals surface area contributed by atoms with E-state index in [2.05, 4.69) is 20.3 Å². The fourth-order valence-corrected chi connectivity index (χ4v) is 0. The van der Waals surface area contributed by atoms with Gasteiger partial charge in [0.1, 0.15) is 0 Å². The number of hydrogen-bond donors (Lipinski definition) is 0. The van der Waals surface area contributed by atoms with E-state index in [9.17, 15) is 0 Å². The van der Waals surface area contributed by atoms with Crippen molar-refractivity contribution in [3.8, 4) is 0 Å². The quantitative estimate of drug-likeness (QED) is 0.181. The van der Waals surface area contributed by atoms with Crippen LogP contribution < -0.4 is 0 Å². The maximum absolute atomic E-state index is 2.29. The van der Waals surface area contributed by atoms with Gasteiger partial charge in [0.05, 0.1) is 0 Å². The van der Waals surface area contributed by atoms with E-state index in [4.69, 9.17) is 0 Å². The predicted molar refractivity (Wildman–Crippen MR) is 225 cm³/mol. The summed E-state index contributed by atoms with van der Waals surface area (Å²) in [5.74, 6) is 0. The molecule has 0 spiro atoms. The Kier molecular flexibility index (Phi) is 4910. The van der Waals surface area contributed by atoms with E-state index in [-0.39, 0.29) is 357 Å². The van der Waals surface area contributed by atoms with Gasteiger partial charge in [-0.2, -0.15) is 0 Å². The first kappa shape index (κ1) is 418. The van der Waals surface area contributed by atoms with Gasteiger partial charge in [0.2, 0.25) is 0 Å². The zero-order chi connectivity index (χ0) is 4.28. The molecule has 1 radical (unpaired) electrons. The van der Waals surface area contributed by atoms with Crippen molar-refractivity contribution in [1.82, 2.24) is 0 Å². The molecule has 0 unspecified atom stereocenters. The minimum absolute atomic E-state index is 0. The van der Waals surface area contributed by atoms with Crippen LogP contribution in [0.15, 0.2) is 0 Å². The van der Waals surface area contributed by atoms with Crippen LogP contribution in [0.1, 0.15) is 6.92 Å². The number of hydrogen-bond acceptors (Lipinski definition) is 0. The molecule has 0 rings (SSSR count). The van der Waals surface area contributed by atoms with Crippen molar-refractivity contribution in [3.63, 3.8) is 0 Å². The fraction of sp³-hybridized carbons (Fsp3) is 1.00. The van der Waals surface area contributed by atoms with Gasteiger partial charge in [-0.3, -0.25) is 0 Å². The van der Waals surface area contributed by atoms with Gasteiger partial charge >= 0.3 is 0 Å². The van der Waals surface area contributed by atoms with Gasteiger partial charge in [-0.25, -0.2) is 0 Å². The first-order chi connectivity index (χ1) is 2.27. The van der Waals surface area contributed by atoms with Crippen LogP contribution in [0.25, 0.3) is 0 Å². The van der Waals surface area contributed by atoms with Gasteiger partial charge in [-0.05, 0) is 19.5 Å². The Balaban J connectivity index is -0.000000000212. The van der Waals surface area contributed by atoms with Crippen molar-refractivity contribution in [2.24, 2.45) is 0 Å². The van der Waals surface area contributed by atoms with Crippen molar-refractivity contribution in [2.75, 3.05) is 19.5 Å². The van der Waals surface area contributed by atoms with Crippen LogP contribution in [0.4, 0.5) is 0 Å². The molecule has 259 valence electrons. The van der Waals surface area contributed by atoms with Crippen molar-refractivity contribution in [1.29, 1.82) is 0 Å². The predicted octanol–water partition coefficient (Wildman–Crippen LogP) is 13.1. The molecule has 29 heteroatoms. The largest absolute Gasteiger partial charge is 0.147 e. The van der Waals surface area contributed by atoms with Gasteiger partial charge in [-0.15, -0.1) is 343 Å². The van der Waals surface area contributed by atoms with Crippen LogP contribution in [0, 0.1) is 0 Å². The van der Waals surface area contributed by atoms with Crippen LogP contribution in [0.2, 0.25) is 0 Å². The fourth-order valence-electron chi connectivity index (χ4n) is 0. The third-order valence-corrected chi connectivity index (χ3v) is 1.90. The third-order valence-electron chi connectivity index (χ3n) is 0.632. The van der Waals surface area contributed by atoms with E-state index in [0.29, 0.717) is 7.92 Å². The van der Waals surface area contributed by atoms with E-state index in [1.165, 1.54) is 6.16 Å². The summed E-state index contributed by atoms with van der Waals surface area (Å²) >= 11 is 0. The second-order valence-corrected chi connectivity index (χ2v) is 4.19. The van der Waals surface area contributed by atoms with Gasteiger partial charge in [0, 0.05) is 22.4 Å². The SMILES string of the molecule is CCP(C)C.Cl.Cl.Cl.Cl.Cl.Cl.Cl.Cl.Cl.Cl.Cl.Cl.Cl.Cl.Cl.Cl.Cl.Cl.Cl.Cl.Cl.Cl.Cl.Cl.Cl.Cl.Cl.[Au]. The molecule has 0 N–H and O–H groups in total. The molecule has 0 aromatic heterocycles. The van der Waals surface area contributed by atoms with E-state index >= 15 is 0 Å². The zero-order valence-electron chi connectivity index (χ0n) is 15.5. The molecule has 0 amide bonds. The van der Waals surface area contributed by atoms with E-state index in [0.717, 1.165) is 0 Å². The van der Waals surface area contributed by atoms with Gasteiger partial charge in [0.25, 0.3) is 0 Å². The molecular formula is C4H38AuCl27P. The Bertz CT molecular complexity index is 44.1. The molecular weight excluding hydrogens is 1230 g/mol. The number of halogens is 27. The second-order valence-electron chi connectivity index (χ2n) is 1.40. The van der Waals surface area contributed by atoms with Crippen LogP contribution in [0.5, 0.6) is 0 Å². The molecule has 0 bridgehead atoms. The summed E-state index contributed by atoms with van der Waals surface area (Å²) in [5.41, 5.74) is 0. The molecule has 33 heavy (non-hydrogen) atoms. The Morgan fingerprint density at radius 2 is 0.303 bits per heavy atom. The van der Waals surface area contributed by atoms with Crippen molar-refractivity contribution in [2.45, 2.75) is 6.92 Å².